The van der Waals surface area contributed by atoms with Crippen LogP contribution in [-0.2, 0) is 17.3 Å². The second-order valence-electron chi connectivity index (χ2n) is 6.40. The number of aromatic amines is 1. The Labute approximate surface area is 171 Å². The van der Waals surface area contributed by atoms with Gasteiger partial charge in [-0.25, -0.2) is 5.10 Å². The number of H-pyrrole nitrogens is 1. The predicted octanol–water partition coefficient (Wildman–Crippen LogP) is 3.96. The summed E-state index contributed by atoms with van der Waals surface area (Å²) in [5.74, 6) is 5.46. The number of hydrogen-bond acceptors (Lipinski definition) is 5. The van der Waals surface area contributed by atoms with Crippen molar-refractivity contribution in [3.05, 3.63) is 58.7 Å². The van der Waals surface area contributed by atoms with Crippen LogP contribution in [0.4, 0.5) is 13.2 Å². The van der Waals surface area contributed by atoms with Crippen LogP contribution in [0.3, 0.4) is 0 Å². The Balaban J connectivity index is 1.96. The van der Waals surface area contributed by atoms with Crippen LogP contribution in [-0.4, -0.2) is 38.9 Å². The number of tetrazole rings is 1. The third-order valence-electron chi connectivity index (χ3n) is 4.30. The number of aromatic hydroxyl groups is 1. The monoisotopic (exact) mass is 416 g/mol. The number of phenols is 1. The van der Waals surface area contributed by atoms with Gasteiger partial charge in [-0.05, 0) is 72.2 Å². The maximum Gasteiger partial charge on any atom is 0.417 e. The lowest BCUT2D eigenvalue weighted by molar-refractivity contribution is -0.137. The van der Waals surface area contributed by atoms with Crippen LogP contribution in [0.25, 0.3) is 11.4 Å². The number of phenolic OH excluding ortho intramolecular Hbond substituents is 1. The Bertz CT molecular complexity index is 1050. The summed E-state index contributed by atoms with van der Waals surface area (Å²) >= 11 is 0. The van der Waals surface area contributed by atoms with E-state index in [4.69, 9.17) is 4.74 Å². The molecule has 0 amide bonds. The van der Waals surface area contributed by atoms with Gasteiger partial charge in [-0.1, -0.05) is 11.8 Å². The molecule has 2 aromatic carbocycles. The molecular weight excluding hydrogens is 397 g/mol. The lowest BCUT2D eigenvalue weighted by atomic mass is 9.99. The van der Waals surface area contributed by atoms with Gasteiger partial charge in [0.1, 0.15) is 5.75 Å². The van der Waals surface area contributed by atoms with Crippen molar-refractivity contribution < 1.29 is 23.0 Å². The lowest BCUT2D eigenvalue weighted by Gasteiger charge is -2.10. The highest BCUT2D eigenvalue weighted by Gasteiger charge is 2.33. The fourth-order valence-electron chi connectivity index (χ4n) is 2.87. The van der Waals surface area contributed by atoms with Gasteiger partial charge in [-0.3, -0.25) is 0 Å². The fourth-order valence-corrected chi connectivity index (χ4v) is 2.87. The maximum absolute atomic E-state index is 13.3. The minimum absolute atomic E-state index is 0.205. The second kappa shape index (κ2) is 9.41. The van der Waals surface area contributed by atoms with Crippen LogP contribution < -0.4 is 0 Å². The van der Waals surface area contributed by atoms with Crippen molar-refractivity contribution in [2.75, 3.05) is 13.2 Å². The molecule has 2 N–H and O–H groups in total. The topological polar surface area (TPSA) is 83.9 Å². The van der Waals surface area contributed by atoms with E-state index in [1.807, 2.05) is 13.0 Å². The third kappa shape index (κ3) is 5.36. The molecular formula is C21H19F3N4O2. The molecule has 156 valence electrons. The lowest BCUT2D eigenvalue weighted by Crippen LogP contribution is -2.07. The molecule has 0 aliphatic carbocycles. The number of benzene rings is 2. The van der Waals surface area contributed by atoms with E-state index in [1.165, 1.54) is 6.07 Å². The van der Waals surface area contributed by atoms with E-state index in [0.717, 1.165) is 23.6 Å². The second-order valence-corrected chi connectivity index (χ2v) is 6.40. The molecule has 0 radical (unpaired) electrons. The summed E-state index contributed by atoms with van der Waals surface area (Å²) in [6.07, 6.45) is -3.26. The first-order chi connectivity index (χ1) is 14.4. The summed E-state index contributed by atoms with van der Waals surface area (Å²) in [5.41, 5.74) is 1.02. The Kier molecular flexibility index (Phi) is 6.69. The Morgan fingerprint density at radius 2 is 1.87 bits per heavy atom. The summed E-state index contributed by atoms with van der Waals surface area (Å²) in [7, 11) is 0. The molecule has 0 aliphatic heterocycles. The summed E-state index contributed by atoms with van der Waals surface area (Å²) in [5, 5.41) is 23.1. The van der Waals surface area contributed by atoms with Crippen molar-refractivity contribution in [3.63, 3.8) is 0 Å². The number of alkyl halides is 3. The van der Waals surface area contributed by atoms with E-state index in [1.54, 1.807) is 12.1 Å². The van der Waals surface area contributed by atoms with Gasteiger partial charge in [-0.15, -0.1) is 5.10 Å². The molecule has 0 saturated heterocycles. The number of hydrogen-bond donors (Lipinski definition) is 2. The molecule has 30 heavy (non-hydrogen) atoms. The molecule has 1 heterocycles. The SMILES string of the molecule is CCOCCCc1cc(-c2nnn[nH]2)ccc1C#Cc1ccc(O)cc1C(F)(F)F. The van der Waals surface area contributed by atoms with Crippen molar-refractivity contribution in [1.29, 1.82) is 0 Å². The molecule has 6 nitrogen and oxygen atoms in total. The molecule has 3 rings (SSSR count). The van der Waals surface area contributed by atoms with E-state index in [2.05, 4.69) is 32.5 Å². The first-order valence-corrected chi connectivity index (χ1v) is 9.25. The highest BCUT2D eigenvalue weighted by molar-refractivity contribution is 5.60. The number of rotatable bonds is 6. The number of aryl methyl sites for hydroxylation is 1. The standard InChI is InChI=1S/C21H19F3N4O2/c1-2-30-11-3-4-16-12-17(20-25-27-28-26-20)8-6-14(16)5-7-15-9-10-18(29)13-19(15)21(22,23)24/h6,8-10,12-13,29H,2-4,11H2,1H3,(H,25,26,27,28). The zero-order valence-corrected chi connectivity index (χ0v) is 16.1. The van der Waals surface area contributed by atoms with Crippen molar-refractivity contribution in [2.45, 2.75) is 25.9 Å². The Morgan fingerprint density at radius 1 is 1.10 bits per heavy atom. The van der Waals surface area contributed by atoms with Gasteiger partial charge >= 0.3 is 6.18 Å². The van der Waals surface area contributed by atoms with Gasteiger partial charge in [0.25, 0.3) is 0 Å². The average molecular weight is 416 g/mol. The maximum atomic E-state index is 13.3. The zero-order chi connectivity index (χ0) is 21.6. The molecule has 9 heteroatoms. The minimum Gasteiger partial charge on any atom is -0.508 e. The number of halogens is 3. The summed E-state index contributed by atoms with van der Waals surface area (Å²) in [6.45, 7) is 3.08. The molecule has 0 unspecified atom stereocenters. The van der Waals surface area contributed by atoms with E-state index in [-0.39, 0.29) is 5.56 Å². The third-order valence-corrected chi connectivity index (χ3v) is 4.30. The van der Waals surface area contributed by atoms with Gasteiger partial charge in [0, 0.05) is 29.9 Å². The van der Waals surface area contributed by atoms with E-state index in [9.17, 15) is 18.3 Å². The molecule has 0 spiro atoms. The van der Waals surface area contributed by atoms with Crippen molar-refractivity contribution in [2.24, 2.45) is 0 Å². The van der Waals surface area contributed by atoms with Crippen molar-refractivity contribution >= 4 is 0 Å². The largest absolute Gasteiger partial charge is 0.508 e. The van der Waals surface area contributed by atoms with Crippen LogP contribution in [0.15, 0.2) is 36.4 Å². The van der Waals surface area contributed by atoms with E-state index < -0.39 is 17.5 Å². The number of ether oxygens (including phenoxy) is 1. The van der Waals surface area contributed by atoms with Crippen LogP contribution in [0.5, 0.6) is 5.75 Å². The summed E-state index contributed by atoms with van der Waals surface area (Å²) < 4.78 is 45.2. The minimum atomic E-state index is -4.62. The Hall–Kier alpha value is -3.38. The highest BCUT2D eigenvalue weighted by atomic mass is 19.4. The first kappa shape index (κ1) is 21.3. The smallest absolute Gasteiger partial charge is 0.417 e. The number of nitrogens with zero attached hydrogens (tertiary/aromatic N) is 3. The van der Waals surface area contributed by atoms with Gasteiger partial charge in [0.2, 0.25) is 0 Å². The normalized spacial score (nSPS) is 11.2. The number of nitrogens with one attached hydrogen (secondary N) is 1. The molecule has 0 saturated carbocycles. The van der Waals surface area contributed by atoms with Crippen molar-refractivity contribution in [3.8, 4) is 29.0 Å². The van der Waals surface area contributed by atoms with E-state index >= 15 is 0 Å². The van der Waals surface area contributed by atoms with Gasteiger partial charge in [0.05, 0.1) is 5.56 Å². The van der Waals surface area contributed by atoms with Crippen LogP contribution >= 0.6 is 0 Å². The van der Waals surface area contributed by atoms with Crippen LogP contribution in [0.2, 0.25) is 0 Å². The quantitative estimate of drug-likeness (QED) is 0.469. The van der Waals surface area contributed by atoms with Crippen molar-refractivity contribution in [1.82, 2.24) is 20.6 Å². The zero-order valence-electron chi connectivity index (χ0n) is 16.1. The molecule has 0 fully saturated rings. The fraction of sp³-hybridized carbons (Fsp3) is 0.286. The van der Waals surface area contributed by atoms with Gasteiger partial charge < -0.3 is 9.84 Å². The predicted molar refractivity (Wildman–Crippen MR) is 104 cm³/mol. The first-order valence-electron chi connectivity index (χ1n) is 9.25. The molecule has 1 aromatic heterocycles. The average Bonchev–Trinajstić information content (AvgIpc) is 3.25. The van der Waals surface area contributed by atoms with Crippen LogP contribution in [0.1, 0.15) is 35.6 Å². The molecule has 0 bridgehead atoms. The van der Waals surface area contributed by atoms with E-state index in [0.29, 0.717) is 37.1 Å². The van der Waals surface area contributed by atoms with Crippen LogP contribution in [0, 0.1) is 11.8 Å². The number of aromatic nitrogens is 4. The highest BCUT2D eigenvalue weighted by Crippen LogP contribution is 2.34. The summed E-state index contributed by atoms with van der Waals surface area (Å²) in [6, 6.07) is 8.36. The molecule has 0 atom stereocenters. The molecule has 0 aliphatic rings. The summed E-state index contributed by atoms with van der Waals surface area (Å²) in [4.78, 5) is 0. The van der Waals surface area contributed by atoms with Gasteiger partial charge in [0.15, 0.2) is 5.82 Å². The molecule has 3 aromatic rings. The Morgan fingerprint density at radius 3 is 2.57 bits per heavy atom. The van der Waals surface area contributed by atoms with Gasteiger partial charge in [-0.2, -0.15) is 13.2 Å².